The first-order valence-corrected chi connectivity index (χ1v) is 9.05. The Balaban J connectivity index is 0.00000128. The van der Waals surface area contributed by atoms with E-state index in [9.17, 15) is 0 Å². The summed E-state index contributed by atoms with van der Waals surface area (Å²) in [6.07, 6.45) is 7.48. The van der Waals surface area contributed by atoms with Crippen LogP contribution in [0.2, 0.25) is 0 Å². The van der Waals surface area contributed by atoms with Crippen molar-refractivity contribution in [3.8, 4) is 34.4 Å². The van der Waals surface area contributed by atoms with E-state index < -0.39 is 0 Å². The molecule has 0 fully saturated rings. The van der Waals surface area contributed by atoms with Gasteiger partial charge in [0.15, 0.2) is 11.6 Å². The van der Waals surface area contributed by atoms with Crippen molar-refractivity contribution in [2.75, 3.05) is 0 Å². The minimum absolute atomic E-state index is 0. The molecule has 0 N–H and O–H groups in total. The Morgan fingerprint density at radius 3 is 1.31 bits per heavy atom. The van der Waals surface area contributed by atoms with Crippen LogP contribution in [0.4, 0.5) is 0 Å². The van der Waals surface area contributed by atoms with Crippen molar-refractivity contribution in [2.24, 2.45) is 0 Å². The zero-order valence-corrected chi connectivity index (χ0v) is 20.3. The molecule has 0 unspecified atom stereocenters. The van der Waals surface area contributed by atoms with Crippen LogP contribution >= 0.6 is 0 Å². The zero-order chi connectivity index (χ0) is 18.8. The Morgan fingerprint density at radius 1 is 0.500 bits per heavy atom. The van der Waals surface area contributed by atoms with Crippen LogP contribution in [0.25, 0.3) is 34.4 Å². The number of rotatable bonds is 4. The summed E-state index contributed by atoms with van der Waals surface area (Å²) in [5.41, 5.74) is 3.70. The van der Waals surface area contributed by atoms with E-state index in [1.807, 2.05) is 76.1 Å². The van der Waals surface area contributed by atoms with Crippen molar-refractivity contribution >= 4 is 0 Å². The van der Waals surface area contributed by atoms with Gasteiger partial charge in [-0.1, -0.05) is 42.5 Å². The van der Waals surface area contributed by atoms with Gasteiger partial charge in [0.25, 0.3) is 0 Å². The Bertz CT molecular complexity index is 1130. The third-order valence-corrected chi connectivity index (χ3v) is 4.56. The molecular formula is C23H17Cl3N5V-3. The average molecular weight is 521 g/mol. The minimum Gasteiger partial charge on any atom is -1.00 e. The van der Waals surface area contributed by atoms with E-state index in [4.69, 9.17) is 4.98 Å². The molecule has 0 aliphatic rings. The Morgan fingerprint density at radius 2 is 0.906 bits per heavy atom. The topological polar surface area (TPSA) is 48.5 Å². The van der Waals surface area contributed by atoms with Crippen molar-refractivity contribution in [3.05, 3.63) is 104 Å². The SMILES string of the molecule is [Cl-].[Cl-].[Cl-].[V].c1ccc(-n2ccnc2-c2cccc(-c3nccn3-c3ccccc3)n2)cc1. The second kappa shape index (κ2) is 12.5. The third kappa shape index (κ3) is 5.44. The smallest absolute Gasteiger partial charge is 0.163 e. The van der Waals surface area contributed by atoms with Crippen LogP contribution in [-0.4, -0.2) is 24.1 Å². The molecule has 0 bridgehead atoms. The molecule has 5 nitrogen and oxygen atoms in total. The Kier molecular flexibility index (Phi) is 10.7. The van der Waals surface area contributed by atoms with Gasteiger partial charge in [-0.05, 0) is 36.4 Å². The number of nitrogens with zero attached hydrogens (tertiary/aromatic N) is 5. The van der Waals surface area contributed by atoms with Gasteiger partial charge in [-0.3, -0.25) is 9.13 Å². The van der Waals surface area contributed by atoms with Crippen molar-refractivity contribution in [1.82, 2.24) is 24.1 Å². The van der Waals surface area contributed by atoms with Crippen LogP contribution in [0.15, 0.2) is 104 Å². The number of imidazole rings is 2. The first-order valence-electron chi connectivity index (χ1n) is 9.05. The second-order valence-corrected chi connectivity index (χ2v) is 6.32. The van der Waals surface area contributed by atoms with Crippen molar-refractivity contribution in [2.45, 2.75) is 0 Å². The van der Waals surface area contributed by atoms with Crippen LogP contribution in [0, 0.1) is 0 Å². The molecule has 0 saturated carbocycles. The average Bonchev–Trinajstić information content (AvgIpc) is 3.45. The zero-order valence-electron chi connectivity index (χ0n) is 16.6. The maximum Gasteiger partial charge on any atom is 0.163 e. The molecule has 0 saturated heterocycles. The number of hydrogen-bond donors (Lipinski definition) is 0. The summed E-state index contributed by atoms with van der Waals surface area (Å²) >= 11 is 0. The van der Waals surface area contributed by atoms with Gasteiger partial charge in [-0.15, -0.1) is 0 Å². The van der Waals surface area contributed by atoms with Gasteiger partial charge in [0, 0.05) is 54.7 Å². The largest absolute Gasteiger partial charge is 1.00 e. The van der Waals surface area contributed by atoms with E-state index in [0.717, 1.165) is 34.4 Å². The quantitative estimate of drug-likeness (QED) is 0.242. The fourth-order valence-electron chi connectivity index (χ4n) is 3.26. The van der Waals surface area contributed by atoms with Gasteiger partial charge in [0.1, 0.15) is 11.4 Å². The van der Waals surface area contributed by atoms with Crippen LogP contribution in [-0.2, 0) is 18.6 Å². The molecule has 0 aliphatic heterocycles. The standard InChI is InChI=1S/C23H17N5.3ClH.V/c1-3-8-18(9-4-1)27-16-14-24-22(27)20-12-7-13-21(26-20)23-25-15-17-28(23)19-10-5-2-6-11-19;;;;/h1-17H;3*1H;/p-3. The molecule has 5 aromatic rings. The van der Waals surface area contributed by atoms with E-state index in [1.54, 1.807) is 12.4 Å². The molecule has 0 atom stereocenters. The summed E-state index contributed by atoms with van der Waals surface area (Å²) in [4.78, 5) is 13.9. The number of benzene rings is 2. The molecule has 9 heteroatoms. The predicted molar refractivity (Wildman–Crippen MR) is 109 cm³/mol. The van der Waals surface area contributed by atoms with Crippen LogP contribution in [0.1, 0.15) is 0 Å². The first-order chi connectivity index (χ1) is 13.9. The van der Waals surface area contributed by atoms with Gasteiger partial charge in [-0.2, -0.15) is 0 Å². The first kappa shape index (κ1) is 27.5. The number of para-hydroxylation sites is 2. The van der Waals surface area contributed by atoms with Gasteiger partial charge in [0.2, 0.25) is 0 Å². The van der Waals surface area contributed by atoms with E-state index in [0.29, 0.717) is 0 Å². The molecule has 3 heterocycles. The van der Waals surface area contributed by atoms with Crippen molar-refractivity contribution in [3.63, 3.8) is 0 Å². The summed E-state index contributed by atoms with van der Waals surface area (Å²) in [6, 6.07) is 26.2. The Hall–Kier alpha value is -2.54. The summed E-state index contributed by atoms with van der Waals surface area (Å²) in [6.45, 7) is 0. The molecule has 32 heavy (non-hydrogen) atoms. The molecule has 0 spiro atoms. The van der Waals surface area contributed by atoms with E-state index in [1.165, 1.54) is 0 Å². The molecule has 5 rings (SSSR count). The normalized spacial score (nSPS) is 9.50. The second-order valence-electron chi connectivity index (χ2n) is 6.32. The van der Waals surface area contributed by atoms with Crippen molar-refractivity contribution in [1.29, 1.82) is 0 Å². The maximum absolute atomic E-state index is 4.86. The molecule has 1 radical (unpaired) electrons. The van der Waals surface area contributed by atoms with E-state index >= 15 is 0 Å². The van der Waals surface area contributed by atoms with E-state index in [2.05, 4.69) is 34.2 Å². The molecule has 0 amide bonds. The number of hydrogen-bond acceptors (Lipinski definition) is 3. The summed E-state index contributed by atoms with van der Waals surface area (Å²) in [5, 5.41) is 0. The predicted octanol–water partition coefficient (Wildman–Crippen LogP) is -4.20. The van der Waals surface area contributed by atoms with Gasteiger partial charge in [0.05, 0.1) is 0 Å². The fraction of sp³-hybridized carbons (Fsp3) is 0. The molecular weight excluding hydrogens is 504 g/mol. The third-order valence-electron chi connectivity index (χ3n) is 4.56. The van der Waals surface area contributed by atoms with Crippen LogP contribution < -0.4 is 37.2 Å². The monoisotopic (exact) mass is 519 g/mol. The van der Waals surface area contributed by atoms with Gasteiger partial charge in [-0.25, -0.2) is 15.0 Å². The Labute approximate surface area is 217 Å². The molecule has 163 valence electrons. The molecule has 0 aliphatic carbocycles. The number of aromatic nitrogens is 5. The molecule has 2 aromatic carbocycles. The minimum atomic E-state index is 0. The maximum atomic E-state index is 4.86. The van der Waals surface area contributed by atoms with E-state index in [-0.39, 0.29) is 55.8 Å². The van der Waals surface area contributed by atoms with Crippen molar-refractivity contribution < 1.29 is 55.8 Å². The molecule has 3 aromatic heterocycles. The summed E-state index contributed by atoms with van der Waals surface area (Å²) < 4.78 is 4.07. The number of pyridine rings is 1. The van der Waals surface area contributed by atoms with Gasteiger partial charge < -0.3 is 37.2 Å². The summed E-state index contributed by atoms with van der Waals surface area (Å²) in [5.74, 6) is 1.59. The summed E-state index contributed by atoms with van der Waals surface area (Å²) in [7, 11) is 0. The van der Waals surface area contributed by atoms with Crippen LogP contribution in [0.5, 0.6) is 0 Å². The number of halogens is 3. The fourth-order valence-corrected chi connectivity index (χ4v) is 3.26. The van der Waals surface area contributed by atoms with Gasteiger partial charge >= 0.3 is 0 Å². The van der Waals surface area contributed by atoms with Crippen LogP contribution in [0.3, 0.4) is 0 Å².